The van der Waals surface area contributed by atoms with Crippen molar-refractivity contribution in [2.24, 2.45) is 0 Å². The lowest BCUT2D eigenvalue weighted by atomic mass is 10.3. The first kappa shape index (κ1) is 8.97. The van der Waals surface area contributed by atoms with Crippen LogP contribution in [0.3, 0.4) is 0 Å². The summed E-state index contributed by atoms with van der Waals surface area (Å²) in [6, 6.07) is 0.701. The molecule has 1 fully saturated rings. The van der Waals surface area contributed by atoms with Gasteiger partial charge in [-0.05, 0) is 26.9 Å². The normalized spacial score (nSPS) is 20.7. The van der Waals surface area contributed by atoms with E-state index in [0.717, 1.165) is 13.1 Å². The summed E-state index contributed by atoms with van der Waals surface area (Å²) >= 11 is 0. The van der Waals surface area contributed by atoms with Crippen LogP contribution in [0.15, 0.2) is 0 Å². The Morgan fingerprint density at radius 2 is 2.18 bits per heavy atom. The van der Waals surface area contributed by atoms with Crippen LogP contribution in [-0.2, 0) is 0 Å². The number of rotatable bonds is 5. The number of aliphatic hydroxyl groups excluding tert-OH is 1. The van der Waals surface area contributed by atoms with Gasteiger partial charge in [0.05, 0.1) is 6.10 Å². The van der Waals surface area contributed by atoms with E-state index in [4.69, 9.17) is 0 Å². The summed E-state index contributed by atoms with van der Waals surface area (Å²) in [7, 11) is 3.95. The predicted octanol–water partition coefficient (Wildman–Crippen LogP) is -0.339. The van der Waals surface area contributed by atoms with Gasteiger partial charge in [0, 0.05) is 19.1 Å². The second kappa shape index (κ2) is 4.04. The molecule has 0 aliphatic heterocycles. The summed E-state index contributed by atoms with van der Waals surface area (Å²) in [5, 5.41) is 12.7. The minimum Gasteiger partial charge on any atom is -0.390 e. The maximum Gasteiger partial charge on any atom is 0.0791 e. The monoisotopic (exact) mass is 158 g/mol. The molecule has 1 saturated carbocycles. The van der Waals surface area contributed by atoms with Crippen LogP contribution in [0.2, 0.25) is 0 Å². The van der Waals surface area contributed by atoms with Crippen LogP contribution in [0.5, 0.6) is 0 Å². The molecule has 1 aliphatic carbocycles. The third-order valence-corrected chi connectivity index (χ3v) is 1.80. The largest absolute Gasteiger partial charge is 0.390 e. The number of hydrogen-bond acceptors (Lipinski definition) is 3. The van der Waals surface area contributed by atoms with E-state index in [2.05, 4.69) is 5.32 Å². The third kappa shape index (κ3) is 4.35. The van der Waals surface area contributed by atoms with Crippen molar-refractivity contribution in [3.8, 4) is 0 Å². The fourth-order valence-corrected chi connectivity index (χ4v) is 1.08. The van der Waals surface area contributed by atoms with E-state index in [9.17, 15) is 5.11 Å². The van der Waals surface area contributed by atoms with Crippen molar-refractivity contribution in [1.82, 2.24) is 10.2 Å². The lowest BCUT2D eigenvalue weighted by molar-refractivity contribution is 0.134. The molecule has 66 valence electrons. The highest BCUT2D eigenvalue weighted by Gasteiger charge is 2.21. The Hall–Kier alpha value is -0.120. The van der Waals surface area contributed by atoms with Crippen molar-refractivity contribution in [2.75, 3.05) is 27.2 Å². The molecule has 3 nitrogen and oxygen atoms in total. The molecular formula is C8H18N2O. The van der Waals surface area contributed by atoms with E-state index in [0.29, 0.717) is 6.04 Å². The maximum atomic E-state index is 9.39. The quantitative estimate of drug-likeness (QED) is 0.574. The number of nitrogens with one attached hydrogen (secondary N) is 1. The van der Waals surface area contributed by atoms with Crippen LogP contribution in [0.4, 0.5) is 0 Å². The molecule has 0 aromatic carbocycles. The van der Waals surface area contributed by atoms with Gasteiger partial charge in [0.25, 0.3) is 0 Å². The first-order valence-corrected chi connectivity index (χ1v) is 4.24. The summed E-state index contributed by atoms with van der Waals surface area (Å²) in [5.41, 5.74) is 0. The van der Waals surface area contributed by atoms with Crippen molar-refractivity contribution >= 4 is 0 Å². The van der Waals surface area contributed by atoms with Gasteiger partial charge in [-0.25, -0.2) is 0 Å². The van der Waals surface area contributed by atoms with Gasteiger partial charge >= 0.3 is 0 Å². The van der Waals surface area contributed by atoms with Gasteiger partial charge in [-0.3, -0.25) is 0 Å². The van der Waals surface area contributed by atoms with Crippen LogP contribution >= 0.6 is 0 Å². The topological polar surface area (TPSA) is 35.5 Å². The molecule has 0 spiro atoms. The van der Waals surface area contributed by atoms with Crippen molar-refractivity contribution in [1.29, 1.82) is 0 Å². The Labute approximate surface area is 68.4 Å². The highest BCUT2D eigenvalue weighted by molar-refractivity contribution is 4.81. The first-order valence-electron chi connectivity index (χ1n) is 4.24. The molecule has 0 heterocycles. The molecule has 2 N–H and O–H groups in total. The zero-order chi connectivity index (χ0) is 8.27. The van der Waals surface area contributed by atoms with Crippen LogP contribution in [0, 0.1) is 0 Å². The van der Waals surface area contributed by atoms with Gasteiger partial charge in [-0.1, -0.05) is 0 Å². The van der Waals surface area contributed by atoms with Crippen LogP contribution in [0.1, 0.15) is 12.8 Å². The highest BCUT2D eigenvalue weighted by atomic mass is 16.3. The Balaban J connectivity index is 1.95. The maximum absolute atomic E-state index is 9.39. The smallest absolute Gasteiger partial charge is 0.0791 e. The number of hydrogen-bond donors (Lipinski definition) is 2. The SMILES string of the molecule is CN(C)CC(O)CNC1CC1. The van der Waals surface area contributed by atoms with Gasteiger partial charge in [-0.15, -0.1) is 0 Å². The molecule has 0 amide bonds. The average Bonchev–Trinajstić information content (AvgIpc) is 2.63. The van der Waals surface area contributed by atoms with Crippen molar-refractivity contribution in [3.63, 3.8) is 0 Å². The average molecular weight is 158 g/mol. The summed E-state index contributed by atoms with van der Waals surface area (Å²) in [6.07, 6.45) is 2.36. The minimum absolute atomic E-state index is 0.217. The lowest BCUT2D eigenvalue weighted by Crippen LogP contribution is -2.35. The molecule has 0 saturated heterocycles. The third-order valence-electron chi connectivity index (χ3n) is 1.80. The Kier molecular flexibility index (Phi) is 3.30. The second-order valence-corrected chi connectivity index (χ2v) is 3.60. The molecule has 11 heavy (non-hydrogen) atoms. The minimum atomic E-state index is -0.217. The highest BCUT2D eigenvalue weighted by Crippen LogP contribution is 2.18. The standard InChI is InChI=1S/C8H18N2O/c1-10(2)6-8(11)5-9-7-3-4-7/h7-9,11H,3-6H2,1-2H3. The zero-order valence-corrected chi connectivity index (χ0v) is 7.38. The second-order valence-electron chi connectivity index (χ2n) is 3.60. The molecule has 0 bridgehead atoms. The van der Waals surface area contributed by atoms with Gasteiger partial charge in [-0.2, -0.15) is 0 Å². The van der Waals surface area contributed by atoms with E-state index < -0.39 is 0 Å². The predicted molar refractivity (Wildman–Crippen MR) is 45.6 cm³/mol. The fraction of sp³-hybridized carbons (Fsp3) is 1.00. The molecule has 1 atom stereocenters. The first-order chi connectivity index (χ1) is 5.18. The van der Waals surface area contributed by atoms with E-state index in [1.165, 1.54) is 12.8 Å². The Morgan fingerprint density at radius 3 is 2.64 bits per heavy atom. The summed E-state index contributed by atoms with van der Waals surface area (Å²) < 4.78 is 0. The molecule has 0 radical (unpaired) electrons. The Morgan fingerprint density at radius 1 is 1.55 bits per heavy atom. The van der Waals surface area contributed by atoms with Crippen LogP contribution < -0.4 is 5.32 Å². The van der Waals surface area contributed by atoms with Crippen LogP contribution in [0.25, 0.3) is 0 Å². The molecule has 1 aliphatic rings. The van der Waals surface area contributed by atoms with Gasteiger partial charge in [0.15, 0.2) is 0 Å². The molecule has 1 rings (SSSR count). The van der Waals surface area contributed by atoms with E-state index >= 15 is 0 Å². The van der Waals surface area contributed by atoms with E-state index in [-0.39, 0.29) is 6.10 Å². The number of aliphatic hydroxyl groups is 1. The van der Waals surface area contributed by atoms with E-state index in [1.54, 1.807) is 0 Å². The molecule has 3 heteroatoms. The summed E-state index contributed by atoms with van der Waals surface area (Å²) in [6.45, 7) is 1.49. The van der Waals surface area contributed by atoms with Crippen molar-refractivity contribution < 1.29 is 5.11 Å². The Bertz CT molecular complexity index is 113. The van der Waals surface area contributed by atoms with E-state index in [1.807, 2.05) is 19.0 Å². The molecule has 1 unspecified atom stereocenters. The fourth-order valence-electron chi connectivity index (χ4n) is 1.08. The zero-order valence-electron chi connectivity index (χ0n) is 7.38. The lowest BCUT2D eigenvalue weighted by Gasteiger charge is -2.15. The van der Waals surface area contributed by atoms with Crippen LogP contribution in [-0.4, -0.2) is 49.3 Å². The summed E-state index contributed by atoms with van der Waals surface area (Å²) in [5.74, 6) is 0. The van der Waals surface area contributed by atoms with Crippen molar-refractivity contribution in [3.05, 3.63) is 0 Å². The number of likely N-dealkylation sites (N-methyl/N-ethyl adjacent to an activating group) is 1. The van der Waals surface area contributed by atoms with Gasteiger partial charge in [0.2, 0.25) is 0 Å². The molecule has 0 aromatic rings. The summed E-state index contributed by atoms with van der Waals surface area (Å²) in [4.78, 5) is 2.00. The van der Waals surface area contributed by atoms with Gasteiger partial charge in [0.1, 0.15) is 0 Å². The van der Waals surface area contributed by atoms with Crippen molar-refractivity contribution in [2.45, 2.75) is 25.0 Å². The molecule has 0 aromatic heterocycles. The molecular weight excluding hydrogens is 140 g/mol. The van der Waals surface area contributed by atoms with Gasteiger partial charge < -0.3 is 15.3 Å². The number of nitrogens with zero attached hydrogens (tertiary/aromatic N) is 1.